The van der Waals surface area contributed by atoms with Crippen molar-refractivity contribution in [2.24, 2.45) is 11.5 Å². The number of halogens is 4. The summed E-state index contributed by atoms with van der Waals surface area (Å²) in [6.45, 7) is 0.645. The molecule has 1 atom stereocenters. The lowest BCUT2D eigenvalue weighted by Crippen LogP contribution is -2.33. The van der Waals surface area contributed by atoms with E-state index >= 15 is 0 Å². The zero-order valence-corrected chi connectivity index (χ0v) is 16.7. The molecule has 29 heavy (non-hydrogen) atoms. The van der Waals surface area contributed by atoms with Gasteiger partial charge in [-0.25, -0.2) is 18.0 Å². The number of ketones is 1. The molecular formula is C19H18BrF3N4O2. The summed E-state index contributed by atoms with van der Waals surface area (Å²) in [4.78, 5) is 27.8. The molecule has 1 aromatic carbocycles. The van der Waals surface area contributed by atoms with Crippen LogP contribution in [0.3, 0.4) is 0 Å². The first-order chi connectivity index (χ1) is 13.7. The van der Waals surface area contributed by atoms with Crippen molar-refractivity contribution >= 4 is 33.3 Å². The molecule has 2 amide bonds. The monoisotopic (exact) mass is 470 g/mol. The number of allylic oxidation sites excluding steroid dienone is 1. The van der Waals surface area contributed by atoms with Gasteiger partial charge in [0.15, 0.2) is 0 Å². The van der Waals surface area contributed by atoms with E-state index in [0.717, 1.165) is 18.3 Å². The number of alkyl halides is 1. The minimum atomic E-state index is -0.933. The summed E-state index contributed by atoms with van der Waals surface area (Å²) >= 11 is 3.20. The number of nitrogens with two attached hydrogens (primary N) is 2. The molecule has 1 aliphatic heterocycles. The maximum atomic E-state index is 13.6. The number of carbonyl (C=O) groups excluding carboxylic acids is 2. The predicted octanol–water partition coefficient (Wildman–Crippen LogP) is 3.41. The van der Waals surface area contributed by atoms with Crippen LogP contribution in [0.4, 0.5) is 18.0 Å². The van der Waals surface area contributed by atoms with E-state index in [4.69, 9.17) is 11.5 Å². The summed E-state index contributed by atoms with van der Waals surface area (Å²) in [7, 11) is 0. The van der Waals surface area contributed by atoms with Crippen LogP contribution in [0.25, 0.3) is 5.57 Å². The van der Waals surface area contributed by atoms with Crippen LogP contribution >= 0.6 is 15.9 Å². The van der Waals surface area contributed by atoms with Crippen molar-refractivity contribution < 1.29 is 22.8 Å². The molecule has 0 bridgehead atoms. The van der Waals surface area contributed by atoms with Crippen LogP contribution in [-0.4, -0.2) is 41.0 Å². The average molecular weight is 471 g/mol. The van der Waals surface area contributed by atoms with Gasteiger partial charge in [0.2, 0.25) is 5.78 Å². The molecule has 0 aliphatic carbocycles. The molecular weight excluding hydrogens is 453 g/mol. The summed E-state index contributed by atoms with van der Waals surface area (Å²) in [6.07, 6.45) is 3.49. The third-order valence-electron chi connectivity index (χ3n) is 4.06. The number of hydrogen-bond donors (Lipinski definition) is 2. The summed E-state index contributed by atoms with van der Waals surface area (Å²) in [5.41, 5.74) is 10.0. The molecule has 10 heteroatoms. The first kappa shape index (κ1) is 22.4. The smallest absolute Gasteiger partial charge is 0.314 e. The van der Waals surface area contributed by atoms with Gasteiger partial charge in [-0.3, -0.25) is 9.78 Å². The SMILES string of the molecule is N/C=C(/C(=O)c1c(F)cccc1F)c1cncc(Br)c1.NC(=O)N1CC[C@@H](F)C1. The largest absolute Gasteiger partial charge is 0.404 e. The van der Waals surface area contributed by atoms with Gasteiger partial charge < -0.3 is 16.4 Å². The van der Waals surface area contributed by atoms with E-state index in [1.54, 1.807) is 6.07 Å². The molecule has 2 aromatic rings. The minimum absolute atomic E-state index is 0.0252. The van der Waals surface area contributed by atoms with E-state index in [-0.39, 0.29) is 12.1 Å². The second-order valence-corrected chi connectivity index (χ2v) is 6.98. The number of pyridine rings is 1. The van der Waals surface area contributed by atoms with Crippen molar-refractivity contribution in [3.05, 3.63) is 70.1 Å². The lowest BCUT2D eigenvalue weighted by Gasteiger charge is -2.09. The quantitative estimate of drug-likeness (QED) is 0.529. The summed E-state index contributed by atoms with van der Waals surface area (Å²) in [5, 5.41) is 0. The van der Waals surface area contributed by atoms with Crippen LogP contribution in [0.5, 0.6) is 0 Å². The number of nitrogens with zero attached hydrogens (tertiary/aromatic N) is 2. The first-order valence-electron chi connectivity index (χ1n) is 8.44. The minimum Gasteiger partial charge on any atom is -0.404 e. The van der Waals surface area contributed by atoms with Gasteiger partial charge in [-0.2, -0.15) is 0 Å². The molecule has 1 aromatic heterocycles. The Hall–Kier alpha value is -2.88. The summed E-state index contributed by atoms with van der Waals surface area (Å²) < 4.78 is 40.2. The van der Waals surface area contributed by atoms with Gasteiger partial charge >= 0.3 is 6.03 Å². The van der Waals surface area contributed by atoms with Crippen LogP contribution in [-0.2, 0) is 0 Å². The van der Waals surface area contributed by atoms with E-state index in [1.807, 2.05) is 0 Å². The van der Waals surface area contributed by atoms with Crippen molar-refractivity contribution in [2.75, 3.05) is 13.1 Å². The molecule has 0 unspecified atom stereocenters. The number of hydrogen-bond acceptors (Lipinski definition) is 4. The van der Waals surface area contributed by atoms with Crippen molar-refractivity contribution in [3.8, 4) is 0 Å². The zero-order valence-electron chi connectivity index (χ0n) is 15.1. The number of primary amides is 1. The first-order valence-corrected chi connectivity index (χ1v) is 9.23. The van der Waals surface area contributed by atoms with Crippen LogP contribution in [0.15, 0.2) is 47.3 Å². The van der Waals surface area contributed by atoms with Crippen molar-refractivity contribution in [2.45, 2.75) is 12.6 Å². The predicted molar refractivity (Wildman–Crippen MR) is 105 cm³/mol. The Morgan fingerprint density at radius 3 is 2.34 bits per heavy atom. The highest BCUT2D eigenvalue weighted by molar-refractivity contribution is 9.10. The molecule has 0 spiro atoms. The molecule has 2 heterocycles. The van der Waals surface area contributed by atoms with E-state index in [0.29, 0.717) is 23.0 Å². The fraction of sp³-hybridized carbons (Fsp3) is 0.211. The van der Waals surface area contributed by atoms with Gasteiger partial charge in [-0.1, -0.05) is 6.07 Å². The molecule has 1 fully saturated rings. The van der Waals surface area contributed by atoms with Gasteiger partial charge in [0.05, 0.1) is 12.1 Å². The Morgan fingerprint density at radius 1 is 1.24 bits per heavy atom. The van der Waals surface area contributed by atoms with Crippen LogP contribution in [0, 0.1) is 11.6 Å². The third kappa shape index (κ3) is 5.80. The van der Waals surface area contributed by atoms with Crippen molar-refractivity contribution in [1.82, 2.24) is 9.88 Å². The second-order valence-electron chi connectivity index (χ2n) is 6.07. The number of amides is 2. The van der Waals surface area contributed by atoms with Crippen molar-refractivity contribution in [1.29, 1.82) is 0 Å². The lowest BCUT2D eigenvalue weighted by atomic mass is 9.98. The lowest BCUT2D eigenvalue weighted by molar-refractivity contribution is 0.104. The molecule has 1 saturated heterocycles. The van der Waals surface area contributed by atoms with Crippen LogP contribution in [0.2, 0.25) is 0 Å². The fourth-order valence-electron chi connectivity index (χ4n) is 2.63. The Bertz CT molecular complexity index is 919. The summed E-state index contributed by atoms with van der Waals surface area (Å²) in [5.74, 6) is -2.70. The van der Waals surface area contributed by atoms with Gasteiger partial charge in [0.1, 0.15) is 17.8 Å². The third-order valence-corrected chi connectivity index (χ3v) is 4.49. The van der Waals surface area contributed by atoms with E-state index in [1.165, 1.54) is 23.4 Å². The van der Waals surface area contributed by atoms with Crippen LogP contribution < -0.4 is 11.5 Å². The highest BCUT2D eigenvalue weighted by Crippen LogP contribution is 2.24. The van der Waals surface area contributed by atoms with Gasteiger partial charge in [-0.15, -0.1) is 0 Å². The van der Waals surface area contributed by atoms with E-state index < -0.39 is 35.2 Å². The molecule has 6 nitrogen and oxygen atoms in total. The van der Waals surface area contributed by atoms with Crippen LogP contribution in [0.1, 0.15) is 22.3 Å². The summed E-state index contributed by atoms with van der Waals surface area (Å²) in [6, 6.07) is 4.29. The maximum absolute atomic E-state index is 13.6. The van der Waals surface area contributed by atoms with Crippen molar-refractivity contribution in [3.63, 3.8) is 0 Å². The molecule has 1 aliphatic rings. The molecule has 0 radical (unpaired) electrons. The average Bonchev–Trinajstić information content (AvgIpc) is 3.10. The van der Waals surface area contributed by atoms with Gasteiger partial charge in [0.25, 0.3) is 0 Å². The Morgan fingerprint density at radius 2 is 1.90 bits per heavy atom. The Kier molecular flexibility index (Phi) is 7.77. The molecule has 3 rings (SSSR count). The Labute approximate surface area is 173 Å². The molecule has 4 N–H and O–H groups in total. The van der Waals surface area contributed by atoms with Gasteiger partial charge in [0, 0.05) is 40.7 Å². The number of Topliss-reactive ketones (excluding diaryl/α,β-unsaturated/α-hetero) is 1. The Balaban J connectivity index is 0.000000278. The zero-order chi connectivity index (χ0) is 21.6. The highest BCUT2D eigenvalue weighted by Gasteiger charge is 2.24. The number of urea groups is 1. The number of benzene rings is 1. The molecule has 154 valence electrons. The van der Waals surface area contributed by atoms with E-state index in [2.05, 4.69) is 20.9 Å². The van der Waals surface area contributed by atoms with E-state index in [9.17, 15) is 22.8 Å². The fourth-order valence-corrected chi connectivity index (χ4v) is 2.99. The molecule has 0 saturated carbocycles. The normalized spacial score (nSPS) is 16.2. The number of aromatic nitrogens is 1. The maximum Gasteiger partial charge on any atom is 0.314 e. The second kappa shape index (κ2) is 10.1. The van der Waals surface area contributed by atoms with Gasteiger partial charge in [-0.05, 0) is 40.5 Å². The highest BCUT2D eigenvalue weighted by atomic mass is 79.9. The number of carbonyl (C=O) groups is 2. The number of rotatable bonds is 3. The standard InChI is InChI=1S/C14H9BrF2N2O.C5H9FN2O/c15-9-4-8(6-19-7-9)10(5-18)14(20)13-11(16)2-1-3-12(13)17;6-4-1-2-8(3-4)5(7)9/h1-7H,18H2;4H,1-3H2,(H2,7,9)/b10-5+;/t;4-/m.1/s1. The topological polar surface area (TPSA) is 102 Å². The number of likely N-dealkylation sites (tertiary alicyclic amines) is 1.